The Morgan fingerprint density at radius 3 is 2.06 bits per heavy atom. The molecule has 0 rings (SSSR count). The molecular weight excluding hydrogens is 216 g/mol. The summed E-state index contributed by atoms with van der Waals surface area (Å²) in [6, 6.07) is 0. The third-order valence-corrected chi connectivity index (χ3v) is 2.90. The van der Waals surface area contributed by atoms with Crippen molar-refractivity contribution in [1.29, 1.82) is 0 Å². The molecule has 0 aromatic carbocycles. The number of esters is 1. The second-order valence-electron chi connectivity index (χ2n) is 6.05. The average Bonchev–Trinajstić information content (AvgIpc) is 2.16. The monoisotopic (exact) mass is 244 g/mol. The zero-order valence-corrected chi connectivity index (χ0v) is 12.4. The molecule has 0 saturated heterocycles. The SMILES string of the molecule is CCC(C)(C)OCCC(C)(C)OC(=O)C(C)C. The number of carbonyl (C=O) groups is 1. The summed E-state index contributed by atoms with van der Waals surface area (Å²) >= 11 is 0. The van der Waals surface area contributed by atoms with Gasteiger partial charge in [-0.3, -0.25) is 4.79 Å². The molecule has 102 valence electrons. The van der Waals surface area contributed by atoms with Crippen molar-refractivity contribution in [2.75, 3.05) is 6.61 Å². The van der Waals surface area contributed by atoms with Gasteiger partial charge in [-0.05, 0) is 34.1 Å². The average molecular weight is 244 g/mol. The van der Waals surface area contributed by atoms with Crippen LogP contribution in [0.4, 0.5) is 0 Å². The van der Waals surface area contributed by atoms with E-state index in [0.29, 0.717) is 6.61 Å². The second kappa shape index (κ2) is 6.39. The van der Waals surface area contributed by atoms with Crippen LogP contribution in [0.25, 0.3) is 0 Å². The van der Waals surface area contributed by atoms with E-state index in [0.717, 1.165) is 12.8 Å². The van der Waals surface area contributed by atoms with Crippen LogP contribution in [-0.4, -0.2) is 23.8 Å². The number of hydrogen-bond donors (Lipinski definition) is 0. The van der Waals surface area contributed by atoms with Crippen molar-refractivity contribution in [2.24, 2.45) is 5.92 Å². The zero-order valence-electron chi connectivity index (χ0n) is 12.4. The Morgan fingerprint density at radius 2 is 1.65 bits per heavy atom. The molecule has 3 nitrogen and oxygen atoms in total. The molecule has 0 aliphatic heterocycles. The van der Waals surface area contributed by atoms with Crippen LogP contribution < -0.4 is 0 Å². The third-order valence-electron chi connectivity index (χ3n) is 2.90. The summed E-state index contributed by atoms with van der Waals surface area (Å²) in [5, 5.41) is 0. The Kier molecular flexibility index (Phi) is 6.17. The highest BCUT2D eigenvalue weighted by Gasteiger charge is 2.25. The summed E-state index contributed by atoms with van der Waals surface area (Å²) < 4.78 is 11.2. The lowest BCUT2D eigenvalue weighted by molar-refractivity contribution is -0.163. The Morgan fingerprint density at radius 1 is 1.12 bits per heavy atom. The molecule has 0 N–H and O–H groups in total. The summed E-state index contributed by atoms with van der Waals surface area (Å²) in [6.45, 7) is 14.4. The van der Waals surface area contributed by atoms with Crippen molar-refractivity contribution in [1.82, 2.24) is 0 Å². The van der Waals surface area contributed by atoms with Crippen LogP contribution >= 0.6 is 0 Å². The van der Waals surface area contributed by atoms with E-state index in [9.17, 15) is 4.79 Å². The molecule has 0 radical (unpaired) electrons. The molecule has 17 heavy (non-hydrogen) atoms. The predicted molar refractivity (Wildman–Crippen MR) is 69.9 cm³/mol. The van der Waals surface area contributed by atoms with Gasteiger partial charge in [0.1, 0.15) is 5.60 Å². The fourth-order valence-corrected chi connectivity index (χ4v) is 1.12. The standard InChI is InChI=1S/C14H28O3/c1-8-13(4,5)16-10-9-14(6,7)17-12(15)11(2)3/h11H,8-10H2,1-7H3. The Bertz CT molecular complexity index is 242. The molecule has 3 heteroatoms. The van der Waals surface area contributed by atoms with Crippen molar-refractivity contribution in [3.8, 4) is 0 Å². The number of rotatable bonds is 7. The summed E-state index contributed by atoms with van der Waals surface area (Å²) in [6.07, 6.45) is 1.69. The van der Waals surface area contributed by atoms with Gasteiger partial charge in [0.05, 0.1) is 18.1 Å². The first kappa shape index (κ1) is 16.4. The van der Waals surface area contributed by atoms with Crippen LogP contribution in [0.5, 0.6) is 0 Å². The van der Waals surface area contributed by atoms with Gasteiger partial charge in [0, 0.05) is 6.42 Å². The quantitative estimate of drug-likeness (QED) is 0.642. The highest BCUT2D eigenvalue weighted by Crippen LogP contribution is 2.20. The molecule has 0 aromatic heterocycles. The van der Waals surface area contributed by atoms with Crippen LogP contribution in [-0.2, 0) is 14.3 Å². The second-order valence-corrected chi connectivity index (χ2v) is 6.05. The van der Waals surface area contributed by atoms with E-state index in [2.05, 4.69) is 20.8 Å². The minimum Gasteiger partial charge on any atom is -0.459 e. The van der Waals surface area contributed by atoms with Gasteiger partial charge in [-0.25, -0.2) is 0 Å². The lowest BCUT2D eigenvalue weighted by Crippen LogP contribution is -2.33. The first-order valence-electron chi connectivity index (χ1n) is 6.46. The van der Waals surface area contributed by atoms with E-state index < -0.39 is 5.60 Å². The Balaban J connectivity index is 4.06. The lowest BCUT2D eigenvalue weighted by Gasteiger charge is -2.29. The molecule has 0 amide bonds. The summed E-state index contributed by atoms with van der Waals surface area (Å²) in [5.41, 5.74) is -0.552. The molecule has 0 heterocycles. The Hall–Kier alpha value is -0.570. The van der Waals surface area contributed by atoms with Crippen molar-refractivity contribution >= 4 is 5.97 Å². The third kappa shape index (κ3) is 7.37. The van der Waals surface area contributed by atoms with E-state index >= 15 is 0 Å². The number of carbonyl (C=O) groups excluding carboxylic acids is 1. The van der Waals surface area contributed by atoms with Crippen molar-refractivity contribution in [3.05, 3.63) is 0 Å². The van der Waals surface area contributed by atoms with E-state index in [4.69, 9.17) is 9.47 Å². The van der Waals surface area contributed by atoms with Gasteiger partial charge in [0.2, 0.25) is 0 Å². The van der Waals surface area contributed by atoms with Crippen molar-refractivity contribution in [2.45, 2.75) is 72.5 Å². The summed E-state index contributed by atoms with van der Waals surface area (Å²) in [4.78, 5) is 11.5. The topological polar surface area (TPSA) is 35.5 Å². The van der Waals surface area contributed by atoms with Crippen LogP contribution in [0.2, 0.25) is 0 Å². The molecule has 0 atom stereocenters. The first-order valence-corrected chi connectivity index (χ1v) is 6.46. The van der Waals surface area contributed by atoms with Gasteiger partial charge in [0.15, 0.2) is 0 Å². The maximum atomic E-state index is 11.5. The number of ether oxygens (including phenoxy) is 2. The van der Waals surface area contributed by atoms with Crippen LogP contribution in [0.3, 0.4) is 0 Å². The van der Waals surface area contributed by atoms with Gasteiger partial charge >= 0.3 is 5.97 Å². The highest BCUT2D eigenvalue weighted by molar-refractivity contribution is 5.71. The molecule has 0 aromatic rings. The van der Waals surface area contributed by atoms with Gasteiger partial charge in [-0.2, -0.15) is 0 Å². The van der Waals surface area contributed by atoms with Gasteiger partial charge in [0.25, 0.3) is 0 Å². The van der Waals surface area contributed by atoms with Crippen LogP contribution in [0.1, 0.15) is 61.3 Å². The van der Waals surface area contributed by atoms with Gasteiger partial charge < -0.3 is 9.47 Å². The Labute approximate surface area is 106 Å². The maximum Gasteiger partial charge on any atom is 0.308 e. The van der Waals surface area contributed by atoms with E-state index in [1.54, 1.807) is 0 Å². The van der Waals surface area contributed by atoms with Gasteiger partial charge in [-0.15, -0.1) is 0 Å². The van der Waals surface area contributed by atoms with Gasteiger partial charge in [-0.1, -0.05) is 20.8 Å². The van der Waals surface area contributed by atoms with E-state index in [1.165, 1.54) is 0 Å². The van der Waals surface area contributed by atoms with E-state index in [-0.39, 0.29) is 17.5 Å². The largest absolute Gasteiger partial charge is 0.459 e. The molecule has 0 bridgehead atoms. The smallest absolute Gasteiger partial charge is 0.308 e. The molecular formula is C14H28O3. The maximum absolute atomic E-state index is 11.5. The highest BCUT2D eigenvalue weighted by atomic mass is 16.6. The van der Waals surface area contributed by atoms with Crippen molar-refractivity contribution < 1.29 is 14.3 Å². The molecule has 0 saturated carbocycles. The summed E-state index contributed by atoms with van der Waals surface area (Å²) in [5.74, 6) is -0.230. The molecule has 0 aliphatic rings. The minimum absolute atomic E-state index is 0.0812. The lowest BCUT2D eigenvalue weighted by atomic mass is 10.0. The summed E-state index contributed by atoms with van der Waals surface area (Å²) in [7, 11) is 0. The fraction of sp³-hybridized carbons (Fsp3) is 0.929. The molecule has 0 unspecified atom stereocenters. The first-order chi connectivity index (χ1) is 7.59. The van der Waals surface area contributed by atoms with E-state index in [1.807, 2.05) is 27.7 Å². The fourth-order valence-electron chi connectivity index (χ4n) is 1.12. The number of hydrogen-bond acceptors (Lipinski definition) is 3. The van der Waals surface area contributed by atoms with Crippen molar-refractivity contribution in [3.63, 3.8) is 0 Å². The molecule has 0 aliphatic carbocycles. The molecule has 0 fully saturated rings. The zero-order chi connectivity index (χ0) is 13.7. The minimum atomic E-state index is -0.453. The normalized spacial score (nSPS) is 12.9. The predicted octanol–water partition coefficient (Wildman–Crippen LogP) is 3.56. The van der Waals surface area contributed by atoms with Crippen LogP contribution in [0.15, 0.2) is 0 Å². The van der Waals surface area contributed by atoms with Crippen LogP contribution in [0, 0.1) is 5.92 Å². The molecule has 0 spiro atoms.